The van der Waals surface area contributed by atoms with E-state index in [0.29, 0.717) is 0 Å². The molecular formula is C23H28ClN3O2S. The lowest BCUT2D eigenvalue weighted by atomic mass is 10.0. The van der Waals surface area contributed by atoms with E-state index in [9.17, 15) is 8.42 Å². The van der Waals surface area contributed by atoms with E-state index in [-0.39, 0.29) is 18.2 Å². The number of likely N-dealkylation sites (N-methyl/N-ethyl adjacent to an activating group) is 1. The van der Waals surface area contributed by atoms with Gasteiger partial charge >= 0.3 is 0 Å². The van der Waals surface area contributed by atoms with Crippen molar-refractivity contribution >= 4 is 38.8 Å². The third kappa shape index (κ3) is 5.12. The Balaban J connectivity index is 0.00000256. The molecule has 0 amide bonds. The first-order valence-electron chi connectivity index (χ1n) is 10.1. The molecule has 1 fully saturated rings. The molecule has 0 saturated carbocycles. The zero-order valence-electron chi connectivity index (χ0n) is 17.4. The van der Waals surface area contributed by atoms with Crippen LogP contribution in [-0.2, 0) is 15.6 Å². The van der Waals surface area contributed by atoms with Crippen LogP contribution in [0, 0.1) is 0 Å². The number of anilines is 1. The third-order valence-electron chi connectivity index (χ3n) is 5.52. The van der Waals surface area contributed by atoms with Crippen molar-refractivity contribution in [3.05, 3.63) is 60.2 Å². The quantitative estimate of drug-likeness (QED) is 0.593. The first kappa shape index (κ1) is 22.5. The van der Waals surface area contributed by atoms with Gasteiger partial charge in [-0.2, -0.15) is 0 Å². The molecule has 4 rings (SSSR count). The van der Waals surface area contributed by atoms with Gasteiger partial charge in [0.15, 0.2) is 9.84 Å². The van der Waals surface area contributed by atoms with Gasteiger partial charge in [-0.05, 0) is 23.6 Å². The van der Waals surface area contributed by atoms with Crippen molar-refractivity contribution in [3.63, 3.8) is 0 Å². The molecule has 0 N–H and O–H groups in total. The number of hydrogen-bond acceptors (Lipinski definition) is 5. The number of piperazine rings is 1. The minimum absolute atomic E-state index is 0. The second-order valence-corrected chi connectivity index (χ2v) is 9.88. The average Bonchev–Trinajstić information content (AvgIpc) is 2.72. The Labute approximate surface area is 185 Å². The van der Waals surface area contributed by atoms with Crippen LogP contribution >= 0.6 is 12.4 Å². The Kier molecular flexibility index (Phi) is 7.01. The van der Waals surface area contributed by atoms with Gasteiger partial charge in [0.2, 0.25) is 0 Å². The molecule has 0 bridgehead atoms. The Morgan fingerprint density at radius 3 is 2.27 bits per heavy atom. The van der Waals surface area contributed by atoms with Crippen LogP contribution in [0.25, 0.3) is 22.0 Å². The van der Waals surface area contributed by atoms with Crippen LogP contribution in [0.4, 0.5) is 5.82 Å². The maximum atomic E-state index is 11.5. The number of rotatable bonds is 5. The van der Waals surface area contributed by atoms with Gasteiger partial charge in [0.1, 0.15) is 5.82 Å². The van der Waals surface area contributed by atoms with E-state index in [0.717, 1.165) is 55.4 Å². The predicted molar refractivity (Wildman–Crippen MR) is 127 cm³/mol. The summed E-state index contributed by atoms with van der Waals surface area (Å²) >= 11 is 0. The lowest BCUT2D eigenvalue weighted by Crippen LogP contribution is -2.46. The Morgan fingerprint density at radius 1 is 0.967 bits per heavy atom. The second kappa shape index (κ2) is 9.33. The van der Waals surface area contributed by atoms with E-state index in [1.165, 1.54) is 17.0 Å². The zero-order valence-corrected chi connectivity index (χ0v) is 19.0. The molecule has 0 atom stereocenters. The molecule has 1 aliphatic rings. The molecular weight excluding hydrogens is 418 g/mol. The molecule has 30 heavy (non-hydrogen) atoms. The van der Waals surface area contributed by atoms with Crippen LogP contribution in [0.1, 0.15) is 12.5 Å². The van der Waals surface area contributed by atoms with Gasteiger partial charge in [0.25, 0.3) is 0 Å². The fourth-order valence-electron chi connectivity index (χ4n) is 3.92. The van der Waals surface area contributed by atoms with Crippen LogP contribution in [0.3, 0.4) is 0 Å². The third-order valence-corrected chi connectivity index (χ3v) is 6.38. The number of sulfone groups is 1. The average molecular weight is 446 g/mol. The van der Waals surface area contributed by atoms with Gasteiger partial charge in [-0.15, -0.1) is 12.4 Å². The van der Waals surface area contributed by atoms with Gasteiger partial charge in [-0.25, -0.2) is 13.4 Å². The van der Waals surface area contributed by atoms with Crippen molar-refractivity contribution in [2.75, 3.05) is 43.9 Å². The summed E-state index contributed by atoms with van der Waals surface area (Å²) in [5.74, 6) is 1.10. The van der Waals surface area contributed by atoms with Crippen molar-refractivity contribution in [2.24, 2.45) is 0 Å². The second-order valence-electron chi connectivity index (χ2n) is 7.74. The summed E-state index contributed by atoms with van der Waals surface area (Å²) in [4.78, 5) is 9.89. The van der Waals surface area contributed by atoms with Gasteiger partial charge in [0, 0.05) is 43.4 Å². The Morgan fingerprint density at radius 2 is 1.63 bits per heavy atom. The number of aromatic nitrogens is 1. The summed E-state index contributed by atoms with van der Waals surface area (Å²) in [5, 5.41) is 2.35. The highest BCUT2D eigenvalue weighted by Crippen LogP contribution is 2.31. The monoisotopic (exact) mass is 445 g/mol. The van der Waals surface area contributed by atoms with Gasteiger partial charge in [-0.3, -0.25) is 0 Å². The standard InChI is InChI=1S/C23H27N3O2S.ClH/c1-3-25-12-14-26(15-13-25)23-21-7-5-4-6-20(21)16-22(24-23)19-10-8-18(9-11-19)17-29(2,27)28;/h4-11,16H,3,12-15,17H2,1-2H3;1H. The van der Waals surface area contributed by atoms with Crippen molar-refractivity contribution in [2.45, 2.75) is 12.7 Å². The maximum absolute atomic E-state index is 11.5. The molecule has 3 aromatic rings. The number of hydrogen-bond donors (Lipinski definition) is 0. The molecule has 0 aliphatic carbocycles. The van der Waals surface area contributed by atoms with E-state index in [2.05, 4.69) is 47.1 Å². The molecule has 1 aliphatic heterocycles. The minimum Gasteiger partial charge on any atom is -0.354 e. The number of fused-ring (bicyclic) bond motifs is 1. The van der Waals surface area contributed by atoms with Crippen molar-refractivity contribution in [1.29, 1.82) is 0 Å². The van der Waals surface area contributed by atoms with Gasteiger partial charge in [-0.1, -0.05) is 55.5 Å². The zero-order chi connectivity index (χ0) is 20.4. The highest BCUT2D eigenvalue weighted by atomic mass is 35.5. The summed E-state index contributed by atoms with van der Waals surface area (Å²) in [6.07, 6.45) is 1.26. The molecule has 0 radical (unpaired) electrons. The molecule has 1 aromatic heterocycles. The molecule has 2 aromatic carbocycles. The molecule has 0 unspecified atom stereocenters. The first-order valence-corrected chi connectivity index (χ1v) is 12.1. The predicted octanol–water partition coefficient (Wildman–Crippen LogP) is 4.01. The number of halogens is 1. The van der Waals surface area contributed by atoms with E-state index in [4.69, 9.17) is 4.98 Å². The number of nitrogens with zero attached hydrogens (tertiary/aromatic N) is 3. The summed E-state index contributed by atoms with van der Waals surface area (Å²) in [6, 6.07) is 18.2. The van der Waals surface area contributed by atoms with Crippen LogP contribution < -0.4 is 4.90 Å². The van der Waals surface area contributed by atoms with Crippen LogP contribution in [-0.4, -0.2) is 57.3 Å². The molecule has 0 spiro atoms. The maximum Gasteiger partial charge on any atom is 0.151 e. The fourth-order valence-corrected chi connectivity index (χ4v) is 4.72. The largest absolute Gasteiger partial charge is 0.354 e. The Hall–Kier alpha value is -2.15. The van der Waals surface area contributed by atoms with E-state index >= 15 is 0 Å². The van der Waals surface area contributed by atoms with E-state index in [1.807, 2.05) is 24.3 Å². The lowest BCUT2D eigenvalue weighted by molar-refractivity contribution is 0.271. The summed E-state index contributed by atoms with van der Waals surface area (Å²) in [6.45, 7) is 7.34. The number of pyridine rings is 1. The number of benzene rings is 2. The Bertz CT molecular complexity index is 1110. The van der Waals surface area contributed by atoms with Crippen molar-refractivity contribution in [3.8, 4) is 11.3 Å². The smallest absolute Gasteiger partial charge is 0.151 e. The highest BCUT2D eigenvalue weighted by Gasteiger charge is 2.19. The summed E-state index contributed by atoms with van der Waals surface area (Å²) in [7, 11) is -3.04. The molecule has 2 heterocycles. The molecule has 160 valence electrons. The first-order chi connectivity index (χ1) is 13.9. The minimum atomic E-state index is -3.04. The molecule has 5 nitrogen and oxygen atoms in total. The van der Waals surface area contributed by atoms with Gasteiger partial charge < -0.3 is 9.80 Å². The normalized spacial score (nSPS) is 15.2. The highest BCUT2D eigenvalue weighted by molar-refractivity contribution is 7.89. The van der Waals surface area contributed by atoms with E-state index in [1.54, 1.807) is 0 Å². The van der Waals surface area contributed by atoms with Crippen LogP contribution in [0.2, 0.25) is 0 Å². The molecule has 7 heteroatoms. The van der Waals surface area contributed by atoms with Crippen LogP contribution in [0.15, 0.2) is 54.6 Å². The van der Waals surface area contributed by atoms with Crippen molar-refractivity contribution in [1.82, 2.24) is 9.88 Å². The topological polar surface area (TPSA) is 53.5 Å². The summed E-state index contributed by atoms with van der Waals surface area (Å²) < 4.78 is 23.1. The lowest BCUT2D eigenvalue weighted by Gasteiger charge is -2.35. The summed E-state index contributed by atoms with van der Waals surface area (Å²) in [5.41, 5.74) is 2.72. The SMILES string of the molecule is CCN1CCN(c2nc(-c3ccc(CS(C)(=O)=O)cc3)cc3ccccc23)CC1.Cl. The fraction of sp³-hybridized carbons (Fsp3) is 0.348. The molecule has 1 saturated heterocycles. The van der Waals surface area contributed by atoms with E-state index < -0.39 is 9.84 Å². The van der Waals surface area contributed by atoms with Gasteiger partial charge in [0.05, 0.1) is 11.4 Å². The van der Waals surface area contributed by atoms with Crippen molar-refractivity contribution < 1.29 is 8.42 Å². The van der Waals surface area contributed by atoms with Crippen LogP contribution in [0.5, 0.6) is 0 Å².